The molecule has 104 valence electrons. The molecule has 0 saturated heterocycles. The van der Waals surface area contributed by atoms with E-state index < -0.39 is 0 Å². The highest BCUT2D eigenvalue weighted by Gasteiger charge is 2.16. The molecule has 0 atom stereocenters. The maximum atomic E-state index is 11.7. The molecule has 0 aliphatic heterocycles. The highest BCUT2D eigenvalue weighted by molar-refractivity contribution is 5.94. The van der Waals surface area contributed by atoms with E-state index in [2.05, 4.69) is 15.7 Å². The lowest BCUT2D eigenvalue weighted by molar-refractivity contribution is -0.121. The minimum Gasteiger partial charge on any atom is -0.352 e. The lowest BCUT2D eigenvalue weighted by Gasteiger charge is -2.22. The van der Waals surface area contributed by atoms with E-state index in [0.29, 0.717) is 5.69 Å². The molecule has 1 aromatic heterocycles. The average Bonchev–Trinajstić information content (AvgIpc) is 2.84. The van der Waals surface area contributed by atoms with Gasteiger partial charge in [0.2, 0.25) is 5.91 Å². The molecule has 0 spiro atoms. The van der Waals surface area contributed by atoms with Gasteiger partial charge in [0.25, 0.3) is 5.91 Å². The molecule has 19 heavy (non-hydrogen) atoms. The monoisotopic (exact) mass is 264 g/mol. The third-order valence-corrected chi connectivity index (χ3v) is 3.33. The second-order valence-electron chi connectivity index (χ2n) is 4.96. The largest absolute Gasteiger partial charge is 0.352 e. The van der Waals surface area contributed by atoms with Gasteiger partial charge in [-0.1, -0.05) is 19.3 Å². The minimum atomic E-state index is -0.320. The highest BCUT2D eigenvalue weighted by Crippen LogP contribution is 2.17. The summed E-state index contributed by atoms with van der Waals surface area (Å²) in [5, 5.41) is 9.50. The zero-order valence-corrected chi connectivity index (χ0v) is 11.2. The van der Waals surface area contributed by atoms with Crippen molar-refractivity contribution in [1.29, 1.82) is 0 Å². The summed E-state index contributed by atoms with van der Waals surface area (Å²) in [7, 11) is 1.74. The molecule has 0 unspecified atom stereocenters. The number of aryl methyl sites for hydroxylation is 1. The van der Waals surface area contributed by atoms with E-state index in [9.17, 15) is 9.59 Å². The topological polar surface area (TPSA) is 76.0 Å². The van der Waals surface area contributed by atoms with E-state index >= 15 is 0 Å². The second kappa shape index (κ2) is 6.36. The standard InChI is InChI=1S/C13H20N4O2/c1-17-8-7-11(16-17)13(19)14-9-12(18)15-10-5-3-2-4-6-10/h7-8,10H,2-6,9H2,1H3,(H,14,19)(H,15,18). The summed E-state index contributed by atoms with van der Waals surface area (Å²) in [4.78, 5) is 23.4. The Labute approximate surface area is 112 Å². The van der Waals surface area contributed by atoms with Gasteiger partial charge >= 0.3 is 0 Å². The number of amides is 2. The second-order valence-corrected chi connectivity index (χ2v) is 4.96. The first kappa shape index (κ1) is 13.6. The third-order valence-electron chi connectivity index (χ3n) is 3.33. The zero-order chi connectivity index (χ0) is 13.7. The van der Waals surface area contributed by atoms with Crippen molar-refractivity contribution in [3.63, 3.8) is 0 Å². The molecule has 6 nitrogen and oxygen atoms in total. The van der Waals surface area contributed by atoms with Crippen molar-refractivity contribution in [1.82, 2.24) is 20.4 Å². The maximum absolute atomic E-state index is 11.7. The molecule has 1 aromatic rings. The van der Waals surface area contributed by atoms with Crippen molar-refractivity contribution in [3.05, 3.63) is 18.0 Å². The number of carbonyl (C=O) groups is 2. The molecular formula is C13H20N4O2. The summed E-state index contributed by atoms with van der Waals surface area (Å²) in [6, 6.07) is 1.89. The van der Waals surface area contributed by atoms with E-state index in [1.54, 1.807) is 24.0 Å². The number of nitrogens with one attached hydrogen (secondary N) is 2. The smallest absolute Gasteiger partial charge is 0.272 e. The first-order valence-corrected chi connectivity index (χ1v) is 6.72. The molecule has 0 radical (unpaired) electrons. The number of rotatable bonds is 4. The van der Waals surface area contributed by atoms with Gasteiger partial charge in [0.05, 0.1) is 6.54 Å². The van der Waals surface area contributed by atoms with Gasteiger partial charge in [-0.2, -0.15) is 5.10 Å². The van der Waals surface area contributed by atoms with Gasteiger partial charge in [-0.05, 0) is 18.9 Å². The van der Waals surface area contributed by atoms with Gasteiger partial charge < -0.3 is 10.6 Å². The fourth-order valence-electron chi connectivity index (χ4n) is 2.31. The van der Waals surface area contributed by atoms with Crippen LogP contribution in [0.3, 0.4) is 0 Å². The molecule has 2 N–H and O–H groups in total. The molecule has 1 aliphatic rings. The van der Waals surface area contributed by atoms with Crippen molar-refractivity contribution in [2.45, 2.75) is 38.1 Å². The molecule has 1 fully saturated rings. The summed E-state index contributed by atoms with van der Waals surface area (Å²) < 4.78 is 1.55. The summed E-state index contributed by atoms with van der Waals surface area (Å²) in [5.41, 5.74) is 0.327. The Kier molecular flexibility index (Phi) is 4.54. The van der Waals surface area contributed by atoms with Crippen LogP contribution < -0.4 is 10.6 Å². The number of aromatic nitrogens is 2. The fraction of sp³-hybridized carbons (Fsp3) is 0.615. The van der Waals surface area contributed by atoms with Crippen molar-refractivity contribution in [2.24, 2.45) is 7.05 Å². The van der Waals surface area contributed by atoms with Crippen LogP contribution in [0.2, 0.25) is 0 Å². The number of carbonyl (C=O) groups excluding carboxylic acids is 2. The van der Waals surface area contributed by atoms with Crippen LogP contribution in [0.4, 0.5) is 0 Å². The number of hydrogen-bond donors (Lipinski definition) is 2. The summed E-state index contributed by atoms with van der Waals surface area (Å²) in [6.45, 7) is 0.00586. The summed E-state index contributed by atoms with van der Waals surface area (Å²) in [6.07, 6.45) is 7.37. The quantitative estimate of drug-likeness (QED) is 0.836. The van der Waals surface area contributed by atoms with E-state index in [0.717, 1.165) is 12.8 Å². The zero-order valence-electron chi connectivity index (χ0n) is 11.2. The Morgan fingerprint density at radius 3 is 2.74 bits per heavy atom. The SMILES string of the molecule is Cn1ccc(C(=O)NCC(=O)NC2CCCCC2)n1. The van der Waals surface area contributed by atoms with Gasteiger partial charge in [-0.3, -0.25) is 14.3 Å². The van der Waals surface area contributed by atoms with Crippen molar-refractivity contribution in [2.75, 3.05) is 6.54 Å². The fourth-order valence-corrected chi connectivity index (χ4v) is 2.31. The lowest BCUT2D eigenvalue weighted by atomic mass is 9.95. The summed E-state index contributed by atoms with van der Waals surface area (Å²) >= 11 is 0. The van der Waals surface area contributed by atoms with Crippen LogP contribution in [0.5, 0.6) is 0 Å². The van der Waals surface area contributed by atoms with Gasteiger partial charge in [-0.15, -0.1) is 0 Å². The van der Waals surface area contributed by atoms with Crippen molar-refractivity contribution >= 4 is 11.8 Å². The van der Waals surface area contributed by atoms with Crippen LogP contribution in [0.1, 0.15) is 42.6 Å². The number of nitrogens with zero attached hydrogens (tertiary/aromatic N) is 2. The average molecular weight is 264 g/mol. The maximum Gasteiger partial charge on any atom is 0.272 e. The van der Waals surface area contributed by atoms with Gasteiger partial charge in [-0.25, -0.2) is 0 Å². The van der Waals surface area contributed by atoms with Crippen LogP contribution in [0, 0.1) is 0 Å². The normalized spacial score (nSPS) is 16.1. The van der Waals surface area contributed by atoms with E-state index in [1.807, 2.05) is 0 Å². The van der Waals surface area contributed by atoms with Gasteiger partial charge in [0.1, 0.15) is 5.69 Å². The Hall–Kier alpha value is -1.85. The van der Waals surface area contributed by atoms with E-state index in [4.69, 9.17) is 0 Å². The third kappa shape index (κ3) is 4.08. The predicted octanol–water partition coefficient (Wildman–Crippen LogP) is 0.599. The van der Waals surface area contributed by atoms with Crippen LogP contribution in [0.15, 0.2) is 12.3 Å². The first-order valence-electron chi connectivity index (χ1n) is 6.72. The molecule has 1 saturated carbocycles. The molecular weight excluding hydrogens is 244 g/mol. The van der Waals surface area contributed by atoms with Crippen LogP contribution in [0.25, 0.3) is 0 Å². The molecule has 2 rings (SSSR count). The Morgan fingerprint density at radius 2 is 2.11 bits per heavy atom. The Balaban J connectivity index is 1.72. The van der Waals surface area contributed by atoms with Gasteiger partial charge in [0, 0.05) is 19.3 Å². The minimum absolute atomic E-state index is 0.00586. The van der Waals surface area contributed by atoms with E-state index in [1.165, 1.54) is 19.3 Å². The van der Waals surface area contributed by atoms with Crippen LogP contribution >= 0.6 is 0 Å². The molecule has 0 bridgehead atoms. The van der Waals surface area contributed by atoms with Crippen molar-refractivity contribution in [3.8, 4) is 0 Å². The Bertz CT molecular complexity index is 449. The van der Waals surface area contributed by atoms with E-state index in [-0.39, 0.29) is 24.4 Å². The summed E-state index contributed by atoms with van der Waals surface area (Å²) in [5.74, 6) is -0.449. The molecule has 0 aromatic carbocycles. The molecule has 1 heterocycles. The molecule has 1 aliphatic carbocycles. The first-order chi connectivity index (χ1) is 9.15. The lowest BCUT2D eigenvalue weighted by Crippen LogP contribution is -2.42. The molecule has 2 amide bonds. The van der Waals surface area contributed by atoms with Gasteiger partial charge in [0.15, 0.2) is 0 Å². The number of hydrogen-bond acceptors (Lipinski definition) is 3. The molecule has 6 heteroatoms. The highest BCUT2D eigenvalue weighted by atomic mass is 16.2. The predicted molar refractivity (Wildman–Crippen MR) is 70.6 cm³/mol. The Morgan fingerprint density at radius 1 is 1.37 bits per heavy atom. The van der Waals surface area contributed by atoms with Crippen LogP contribution in [-0.4, -0.2) is 34.2 Å². The van der Waals surface area contributed by atoms with Crippen molar-refractivity contribution < 1.29 is 9.59 Å². The van der Waals surface area contributed by atoms with Crippen LogP contribution in [-0.2, 0) is 11.8 Å².